The van der Waals surface area contributed by atoms with Crippen molar-refractivity contribution in [3.63, 3.8) is 0 Å². The fourth-order valence-corrected chi connectivity index (χ4v) is 3.38. The molecule has 1 spiro atoms. The number of benzene rings is 1. The van der Waals surface area contributed by atoms with E-state index in [1.54, 1.807) is 0 Å². The molecule has 1 unspecified atom stereocenters. The molecule has 1 atom stereocenters. The van der Waals surface area contributed by atoms with E-state index < -0.39 is 5.60 Å². The molecule has 0 saturated carbocycles. The van der Waals surface area contributed by atoms with Crippen LogP contribution >= 0.6 is 0 Å². The minimum atomic E-state index is -0.438. The summed E-state index contributed by atoms with van der Waals surface area (Å²) in [5.74, 6) is 0.396. The van der Waals surface area contributed by atoms with Gasteiger partial charge in [-0.3, -0.25) is 0 Å². The standard InChI is InChI=1S/C17H24N2O2/c1-16(2,3)21-15(20)19-9-14(13-7-5-4-6-8-13)17(12-19)10-18-11-17/h4-8,14,18H,9-12H2,1-3H3. The molecule has 4 heteroatoms. The van der Waals surface area contributed by atoms with E-state index in [0.717, 1.165) is 26.2 Å². The van der Waals surface area contributed by atoms with Crippen molar-refractivity contribution in [2.24, 2.45) is 5.41 Å². The first-order chi connectivity index (χ1) is 9.90. The highest BCUT2D eigenvalue weighted by Gasteiger charge is 2.52. The molecule has 4 nitrogen and oxygen atoms in total. The summed E-state index contributed by atoms with van der Waals surface area (Å²) in [4.78, 5) is 14.2. The maximum absolute atomic E-state index is 12.3. The van der Waals surface area contributed by atoms with E-state index in [0.29, 0.717) is 5.92 Å². The Bertz CT molecular complexity index is 517. The second kappa shape index (κ2) is 5.02. The first-order valence-corrected chi connectivity index (χ1v) is 7.63. The van der Waals surface area contributed by atoms with Gasteiger partial charge in [0, 0.05) is 37.5 Å². The van der Waals surface area contributed by atoms with Gasteiger partial charge >= 0.3 is 6.09 Å². The molecule has 1 aromatic carbocycles. The van der Waals surface area contributed by atoms with Gasteiger partial charge in [-0.1, -0.05) is 30.3 Å². The minimum Gasteiger partial charge on any atom is -0.444 e. The van der Waals surface area contributed by atoms with E-state index in [1.807, 2.05) is 31.7 Å². The second-order valence-electron chi connectivity index (χ2n) is 7.29. The van der Waals surface area contributed by atoms with Crippen LogP contribution in [0.15, 0.2) is 30.3 Å². The number of ether oxygens (including phenoxy) is 1. The first-order valence-electron chi connectivity index (χ1n) is 7.63. The van der Waals surface area contributed by atoms with Crippen molar-refractivity contribution in [1.82, 2.24) is 10.2 Å². The normalized spacial score (nSPS) is 24.0. The minimum absolute atomic E-state index is 0.179. The number of likely N-dealkylation sites (tertiary alicyclic amines) is 1. The molecular weight excluding hydrogens is 264 g/mol. The average molecular weight is 288 g/mol. The van der Waals surface area contributed by atoms with Crippen LogP contribution in [0.25, 0.3) is 0 Å². The Morgan fingerprint density at radius 3 is 2.48 bits per heavy atom. The lowest BCUT2D eigenvalue weighted by atomic mass is 9.70. The fourth-order valence-electron chi connectivity index (χ4n) is 3.38. The van der Waals surface area contributed by atoms with Gasteiger partial charge in [0.2, 0.25) is 0 Å². The van der Waals surface area contributed by atoms with E-state index in [-0.39, 0.29) is 11.5 Å². The summed E-state index contributed by atoms with van der Waals surface area (Å²) in [5.41, 5.74) is 1.07. The number of hydrogen-bond donors (Lipinski definition) is 1. The molecule has 0 bridgehead atoms. The van der Waals surface area contributed by atoms with E-state index in [1.165, 1.54) is 5.56 Å². The molecule has 1 N–H and O–H groups in total. The van der Waals surface area contributed by atoms with Gasteiger partial charge < -0.3 is 15.0 Å². The van der Waals surface area contributed by atoms with Crippen LogP contribution in [0.1, 0.15) is 32.3 Å². The molecule has 0 aromatic heterocycles. The number of carbonyl (C=O) groups excluding carboxylic acids is 1. The van der Waals surface area contributed by atoms with Crippen molar-refractivity contribution >= 4 is 6.09 Å². The highest BCUT2D eigenvalue weighted by atomic mass is 16.6. The van der Waals surface area contributed by atoms with Crippen LogP contribution in [0.2, 0.25) is 0 Å². The highest BCUT2D eigenvalue weighted by Crippen LogP contribution is 2.45. The van der Waals surface area contributed by atoms with E-state index in [2.05, 4.69) is 29.6 Å². The fraction of sp³-hybridized carbons (Fsp3) is 0.588. The van der Waals surface area contributed by atoms with Gasteiger partial charge in [-0.25, -0.2) is 4.79 Å². The zero-order chi connectivity index (χ0) is 15.1. The number of carbonyl (C=O) groups is 1. The molecule has 2 heterocycles. The summed E-state index contributed by atoms with van der Waals surface area (Å²) in [5, 5.41) is 3.37. The van der Waals surface area contributed by atoms with Crippen molar-refractivity contribution in [3.05, 3.63) is 35.9 Å². The maximum Gasteiger partial charge on any atom is 0.410 e. The zero-order valence-electron chi connectivity index (χ0n) is 13.1. The van der Waals surface area contributed by atoms with Crippen molar-refractivity contribution in [2.45, 2.75) is 32.3 Å². The molecule has 3 rings (SSSR count). The van der Waals surface area contributed by atoms with Crippen molar-refractivity contribution in [3.8, 4) is 0 Å². The summed E-state index contributed by atoms with van der Waals surface area (Å²) in [6.45, 7) is 9.23. The summed E-state index contributed by atoms with van der Waals surface area (Å²) in [7, 11) is 0. The molecule has 2 aliphatic rings. The van der Waals surface area contributed by atoms with Gasteiger partial charge in [0.05, 0.1) is 0 Å². The highest BCUT2D eigenvalue weighted by molar-refractivity contribution is 5.69. The SMILES string of the molecule is CC(C)(C)OC(=O)N1CC(c2ccccc2)C2(CNC2)C1. The smallest absolute Gasteiger partial charge is 0.410 e. The number of rotatable bonds is 1. The van der Waals surface area contributed by atoms with E-state index in [4.69, 9.17) is 4.74 Å². The molecule has 1 amide bonds. The quantitative estimate of drug-likeness (QED) is 0.863. The molecule has 0 radical (unpaired) electrons. The summed E-state index contributed by atoms with van der Waals surface area (Å²) >= 11 is 0. The Kier molecular flexibility index (Phi) is 3.44. The van der Waals surface area contributed by atoms with Crippen molar-refractivity contribution < 1.29 is 9.53 Å². The van der Waals surface area contributed by atoms with Crippen LogP contribution in [0.4, 0.5) is 4.79 Å². The Balaban J connectivity index is 1.78. The monoisotopic (exact) mass is 288 g/mol. The van der Waals surface area contributed by atoms with E-state index in [9.17, 15) is 4.79 Å². The summed E-state index contributed by atoms with van der Waals surface area (Å²) in [6, 6.07) is 10.5. The number of nitrogens with one attached hydrogen (secondary N) is 1. The summed E-state index contributed by atoms with van der Waals surface area (Å²) < 4.78 is 5.53. The first kappa shape index (κ1) is 14.4. The Labute approximate surface area is 126 Å². The lowest BCUT2D eigenvalue weighted by Crippen LogP contribution is -2.57. The Morgan fingerprint density at radius 2 is 1.95 bits per heavy atom. The Morgan fingerprint density at radius 1 is 1.29 bits per heavy atom. The lowest BCUT2D eigenvalue weighted by Gasteiger charge is -2.43. The molecule has 0 aliphatic carbocycles. The third-order valence-electron chi connectivity index (χ3n) is 4.46. The van der Waals surface area contributed by atoms with Gasteiger partial charge in [-0.2, -0.15) is 0 Å². The molecule has 2 fully saturated rings. The third-order valence-corrected chi connectivity index (χ3v) is 4.46. The van der Waals surface area contributed by atoms with Gasteiger partial charge in [-0.05, 0) is 26.3 Å². The average Bonchev–Trinajstić information content (AvgIpc) is 2.78. The van der Waals surface area contributed by atoms with Gasteiger partial charge in [-0.15, -0.1) is 0 Å². The molecule has 1 aromatic rings. The van der Waals surface area contributed by atoms with Crippen molar-refractivity contribution in [1.29, 1.82) is 0 Å². The van der Waals surface area contributed by atoms with Crippen molar-refractivity contribution in [2.75, 3.05) is 26.2 Å². The third kappa shape index (κ3) is 2.77. The van der Waals surface area contributed by atoms with E-state index >= 15 is 0 Å². The summed E-state index contributed by atoms with van der Waals surface area (Å²) in [6.07, 6.45) is -0.188. The van der Waals surface area contributed by atoms with Crippen LogP contribution in [0, 0.1) is 5.41 Å². The van der Waals surface area contributed by atoms with Gasteiger partial charge in [0.1, 0.15) is 5.60 Å². The predicted octanol–water partition coefficient (Wildman–Crippen LogP) is 2.61. The molecule has 114 valence electrons. The maximum atomic E-state index is 12.3. The van der Waals surface area contributed by atoms with Gasteiger partial charge in [0.15, 0.2) is 0 Å². The predicted molar refractivity (Wildman–Crippen MR) is 82.3 cm³/mol. The zero-order valence-corrected chi connectivity index (χ0v) is 13.1. The molecule has 21 heavy (non-hydrogen) atoms. The molecular formula is C17H24N2O2. The number of nitrogens with zero attached hydrogens (tertiary/aromatic N) is 1. The molecule has 2 saturated heterocycles. The largest absolute Gasteiger partial charge is 0.444 e. The number of amides is 1. The lowest BCUT2D eigenvalue weighted by molar-refractivity contribution is 0.0257. The van der Waals surface area contributed by atoms with Crippen LogP contribution in [-0.2, 0) is 4.74 Å². The second-order valence-corrected chi connectivity index (χ2v) is 7.29. The topological polar surface area (TPSA) is 41.6 Å². The van der Waals surface area contributed by atoms with Crippen LogP contribution in [0.3, 0.4) is 0 Å². The van der Waals surface area contributed by atoms with Crippen LogP contribution in [-0.4, -0.2) is 42.8 Å². The number of hydrogen-bond acceptors (Lipinski definition) is 3. The van der Waals surface area contributed by atoms with Crippen LogP contribution in [0.5, 0.6) is 0 Å². The molecule has 2 aliphatic heterocycles. The van der Waals surface area contributed by atoms with Crippen LogP contribution < -0.4 is 5.32 Å². The van der Waals surface area contributed by atoms with Gasteiger partial charge in [0.25, 0.3) is 0 Å². The Hall–Kier alpha value is -1.55.